The fourth-order valence-corrected chi connectivity index (χ4v) is 4.59. The minimum absolute atomic E-state index is 0.0109. The Morgan fingerprint density at radius 2 is 2.10 bits per heavy atom. The van der Waals surface area contributed by atoms with Crippen molar-refractivity contribution in [1.29, 1.82) is 0 Å². The van der Waals surface area contributed by atoms with Crippen molar-refractivity contribution in [1.82, 2.24) is 4.98 Å². The van der Waals surface area contributed by atoms with Gasteiger partial charge < -0.3 is 5.11 Å². The Hall–Kier alpha value is -1.35. The molecule has 6 nitrogen and oxygen atoms in total. The van der Waals surface area contributed by atoms with Gasteiger partial charge in [-0.2, -0.15) is 0 Å². The molecular weight excluding hydrogens is 347 g/mol. The first-order chi connectivity index (χ1) is 9.31. The Morgan fingerprint density at radius 3 is 2.65 bits per heavy atom. The number of aromatic nitrogens is 1. The van der Waals surface area contributed by atoms with E-state index in [0.717, 1.165) is 17.5 Å². The third kappa shape index (κ3) is 3.04. The van der Waals surface area contributed by atoms with E-state index in [2.05, 4.69) is 9.71 Å². The molecule has 0 saturated heterocycles. The molecular formula is C10H6Cl2N2O4S2. The van der Waals surface area contributed by atoms with Crippen LogP contribution in [-0.4, -0.2) is 24.5 Å². The summed E-state index contributed by atoms with van der Waals surface area (Å²) < 4.78 is 26.6. The van der Waals surface area contributed by atoms with E-state index in [-0.39, 0.29) is 24.8 Å². The molecule has 0 unspecified atom stereocenters. The van der Waals surface area contributed by atoms with Crippen LogP contribution >= 0.6 is 34.5 Å². The van der Waals surface area contributed by atoms with Crippen molar-refractivity contribution >= 4 is 56.2 Å². The molecule has 0 amide bonds. The van der Waals surface area contributed by atoms with Crippen molar-refractivity contribution in [2.24, 2.45) is 0 Å². The number of pyridine rings is 1. The summed E-state index contributed by atoms with van der Waals surface area (Å²) in [4.78, 5) is 14.5. The number of hydrogen-bond acceptors (Lipinski definition) is 5. The van der Waals surface area contributed by atoms with Gasteiger partial charge in [-0.3, -0.25) is 9.71 Å². The van der Waals surface area contributed by atoms with E-state index in [9.17, 15) is 13.2 Å². The molecule has 2 N–H and O–H groups in total. The van der Waals surface area contributed by atoms with E-state index in [1.165, 1.54) is 18.3 Å². The minimum Gasteiger partial charge on any atom is -0.478 e. The number of aromatic carboxylic acids is 1. The van der Waals surface area contributed by atoms with Crippen LogP contribution in [0.5, 0.6) is 0 Å². The molecule has 2 aromatic rings. The molecule has 0 fully saturated rings. The first-order valence-corrected chi connectivity index (χ1v) is 8.02. The van der Waals surface area contributed by atoms with Crippen LogP contribution in [0.4, 0.5) is 5.69 Å². The Balaban J connectivity index is 2.44. The largest absolute Gasteiger partial charge is 0.478 e. The number of carboxylic acids is 1. The number of nitrogens with one attached hydrogen (secondary N) is 1. The maximum atomic E-state index is 12.1. The summed E-state index contributed by atoms with van der Waals surface area (Å²) in [6.45, 7) is 0. The smallest absolute Gasteiger partial charge is 0.337 e. The van der Waals surface area contributed by atoms with Crippen molar-refractivity contribution in [3.8, 4) is 0 Å². The lowest BCUT2D eigenvalue weighted by Crippen LogP contribution is -2.15. The lowest BCUT2D eigenvalue weighted by atomic mass is 10.2. The average Bonchev–Trinajstić information content (AvgIpc) is 2.69. The van der Waals surface area contributed by atoms with Crippen LogP contribution in [0.2, 0.25) is 8.67 Å². The highest BCUT2D eigenvalue weighted by Crippen LogP contribution is 2.35. The summed E-state index contributed by atoms with van der Waals surface area (Å²) in [6, 6.07) is 2.37. The zero-order chi connectivity index (χ0) is 14.9. The Morgan fingerprint density at radius 1 is 1.40 bits per heavy atom. The summed E-state index contributed by atoms with van der Waals surface area (Å²) >= 11 is 12.4. The van der Waals surface area contributed by atoms with E-state index in [1.807, 2.05) is 0 Å². The summed E-state index contributed by atoms with van der Waals surface area (Å²) in [6.07, 6.45) is 2.35. The van der Waals surface area contributed by atoms with E-state index < -0.39 is 16.0 Å². The zero-order valence-electron chi connectivity index (χ0n) is 9.50. The first-order valence-electron chi connectivity index (χ1n) is 4.96. The van der Waals surface area contributed by atoms with Crippen LogP contribution in [0, 0.1) is 0 Å². The maximum absolute atomic E-state index is 12.1. The molecule has 0 spiro atoms. The highest BCUT2D eigenvalue weighted by atomic mass is 35.5. The van der Waals surface area contributed by atoms with E-state index in [4.69, 9.17) is 28.3 Å². The number of rotatable bonds is 4. The normalized spacial score (nSPS) is 11.3. The Bertz CT molecular complexity index is 773. The lowest BCUT2D eigenvalue weighted by molar-refractivity contribution is 0.0698. The van der Waals surface area contributed by atoms with Gasteiger partial charge in [0.25, 0.3) is 10.0 Å². The second-order valence-corrected chi connectivity index (χ2v) is 7.46. The molecule has 0 aromatic carbocycles. The molecule has 0 aliphatic carbocycles. The van der Waals surface area contributed by atoms with Gasteiger partial charge in [0.1, 0.15) is 9.23 Å². The highest BCUT2D eigenvalue weighted by molar-refractivity contribution is 7.93. The van der Waals surface area contributed by atoms with Gasteiger partial charge in [0.2, 0.25) is 0 Å². The molecule has 0 aliphatic rings. The molecule has 0 bridgehead atoms. The number of carbonyl (C=O) groups is 1. The fourth-order valence-electron chi connectivity index (χ4n) is 1.37. The summed E-state index contributed by atoms with van der Waals surface area (Å²) in [5, 5.41) is 8.98. The average molecular weight is 353 g/mol. The Labute approximate surface area is 128 Å². The molecule has 2 aromatic heterocycles. The topological polar surface area (TPSA) is 96.4 Å². The van der Waals surface area contributed by atoms with Crippen molar-refractivity contribution in [3.63, 3.8) is 0 Å². The molecule has 2 rings (SSSR count). The van der Waals surface area contributed by atoms with Gasteiger partial charge in [-0.05, 0) is 12.1 Å². The number of thiophene rings is 1. The standard InChI is InChI=1S/C10H6Cl2N2O4S2/c11-8-3-7(9(12)19-8)20(17,18)14-6-4-13-2-1-5(6)10(15)16/h1-4,14H,(H,15,16). The monoisotopic (exact) mass is 352 g/mol. The van der Waals surface area contributed by atoms with Gasteiger partial charge in [0.15, 0.2) is 0 Å². The number of halogens is 2. The van der Waals surface area contributed by atoms with Crippen molar-refractivity contribution in [2.75, 3.05) is 4.72 Å². The Kier molecular flexibility index (Phi) is 4.19. The molecule has 2 heterocycles. The van der Waals surface area contributed by atoms with Gasteiger partial charge in [-0.25, -0.2) is 13.2 Å². The molecule has 0 atom stereocenters. The predicted octanol–water partition coefficient (Wildman–Crippen LogP) is 2.95. The van der Waals surface area contributed by atoms with Gasteiger partial charge in [0, 0.05) is 6.20 Å². The molecule has 20 heavy (non-hydrogen) atoms. The number of carboxylic acid groups (broad SMARTS) is 1. The van der Waals surface area contributed by atoms with Crippen LogP contribution in [0.15, 0.2) is 29.4 Å². The third-order valence-electron chi connectivity index (χ3n) is 2.21. The van der Waals surface area contributed by atoms with E-state index in [0.29, 0.717) is 0 Å². The highest BCUT2D eigenvalue weighted by Gasteiger charge is 2.23. The van der Waals surface area contributed by atoms with Crippen LogP contribution in [0.3, 0.4) is 0 Å². The van der Waals surface area contributed by atoms with Gasteiger partial charge in [-0.1, -0.05) is 23.2 Å². The second kappa shape index (κ2) is 5.57. The predicted molar refractivity (Wildman–Crippen MR) is 76.3 cm³/mol. The van der Waals surface area contributed by atoms with E-state index in [1.54, 1.807) is 0 Å². The minimum atomic E-state index is -4.04. The van der Waals surface area contributed by atoms with Crippen molar-refractivity contribution in [2.45, 2.75) is 4.90 Å². The number of hydrogen-bond donors (Lipinski definition) is 2. The summed E-state index contributed by atoms with van der Waals surface area (Å²) in [5.41, 5.74) is -0.376. The lowest BCUT2D eigenvalue weighted by Gasteiger charge is -2.09. The zero-order valence-corrected chi connectivity index (χ0v) is 12.6. The SMILES string of the molecule is O=C(O)c1ccncc1NS(=O)(=O)c1cc(Cl)sc1Cl. The number of nitrogens with zero attached hydrogens (tertiary/aromatic N) is 1. The molecule has 0 radical (unpaired) electrons. The fraction of sp³-hybridized carbons (Fsp3) is 0. The maximum Gasteiger partial charge on any atom is 0.337 e. The van der Waals surface area contributed by atoms with Gasteiger partial charge in [0.05, 0.1) is 21.8 Å². The van der Waals surface area contributed by atoms with Crippen molar-refractivity contribution < 1.29 is 18.3 Å². The second-order valence-electron chi connectivity index (χ2n) is 3.52. The van der Waals surface area contributed by atoms with Crippen LogP contribution in [0.25, 0.3) is 0 Å². The molecule has 106 valence electrons. The summed E-state index contributed by atoms with van der Waals surface area (Å²) in [5.74, 6) is -1.28. The van der Waals surface area contributed by atoms with Crippen LogP contribution in [-0.2, 0) is 10.0 Å². The first kappa shape index (κ1) is 15.0. The van der Waals surface area contributed by atoms with E-state index >= 15 is 0 Å². The van der Waals surface area contributed by atoms with Gasteiger partial charge >= 0.3 is 5.97 Å². The quantitative estimate of drug-likeness (QED) is 0.881. The number of anilines is 1. The molecule has 0 saturated carbocycles. The van der Waals surface area contributed by atoms with Crippen LogP contribution < -0.4 is 4.72 Å². The third-order valence-corrected chi connectivity index (χ3v) is 5.33. The molecule has 0 aliphatic heterocycles. The number of sulfonamides is 1. The summed E-state index contributed by atoms with van der Waals surface area (Å²) in [7, 11) is -4.04. The molecule has 10 heteroatoms. The van der Waals surface area contributed by atoms with Gasteiger partial charge in [-0.15, -0.1) is 11.3 Å². The van der Waals surface area contributed by atoms with Crippen molar-refractivity contribution in [3.05, 3.63) is 38.8 Å². The van der Waals surface area contributed by atoms with Crippen LogP contribution in [0.1, 0.15) is 10.4 Å².